The lowest BCUT2D eigenvalue weighted by molar-refractivity contribution is -0.133. The Bertz CT molecular complexity index is 98.5. The first-order valence-electron chi connectivity index (χ1n) is 2.77. The van der Waals surface area contributed by atoms with Crippen LogP contribution in [0.3, 0.4) is 0 Å². The van der Waals surface area contributed by atoms with Gasteiger partial charge in [-0.15, -0.1) is 0 Å². The van der Waals surface area contributed by atoms with Crippen LogP contribution in [-0.2, 0) is 9.59 Å². The fourth-order valence-electron chi connectivity index (χ4n) is 0.427. The van der Waals surface area contributed by atoms with Crippen molar-refractivity contribution in [3.05, 3.63) is 6.42 Å². The SMILES string of the molecule is O=CCCC[CH]C(=O)O. The minimum atomic E-state index is -0.916. The number of carbonyl (C=O) groups excluding carboxylic acids is 1. The van der Waals surface area contributed by atoms with E-state index in [4.69, 9.17) is 5.11 Å². The van der Waals surface area contributed by atoms with E-state index >= 15 is 0 Å². The van der Waals surface area contributed by atoms with Crippen LogP contribution in [0.1, 0.15) is 19.3 Å². The molecule has 1 radical (unpaired) electrons. The molecule has 0 unspecified atom stereocenters. The Balaban J connectivity index is 2.91. The molecule has 1 N–H and O–H groups in total. The summed E-state index contributed by atoms with van der Waals surface area (Å²) in [6, 6.07) is 0. The molecular weight excluding hydrogens is 120 g/mol. The summed E-state index contributed by atoms with van der Waals surface area (Å²) >= 11 is 0. The molecule has 0 aromatic carbocycles. The van der Waals surface area contributed by atoms with Crippen LogP contribution in [0, 0.1) is 6.42 Å². The number of hydrogen-bond acceptors (Lipinski definition) is 2. The van der Waals surface area contributed by atoms with Crippen molar-refractivity contribution < 1.29 is 14.7 Å². The second-order valence-electron chi connectivity index (χ2n) is 1.64. The zero-order chi connectivity index (χ0) is 7.11. The molecule has 0 saturated carbocycles. The fraction of sp³-hybridized carbons (Fsp3) is 0.500. The Hall–Kier alpha value is -0.860. The highest BCUT2D eigenvalue weighted by Gasteiger charge is 1.94. The van der Waals surface area contributed by atoms with Gasteiger partial charge in [0, 0.05) is 6.42 Å². The van der Waals surface area contributed by atoms with Gasteiger partial charge < -0.3 is 9.90 Å². The molecule has 0 aromatic rings. The molecule has 0 saturated heterocycles. The Morgan fingerprint density at radius 3 is 2.56 bits per heavy atom. The van der Waals surface area contributed by atoms with Crippen LogP contribution < -0.4 is 0 Å². The van der Waals surface area contributed by atoms with Gasteiger partial charge in [-0.1, -0.05) is 0 Å². The molecule has 3 nitrogen and oxygen atoms in total. The molecule has 0 aliphatic rings. The van der Waals surface area contributed by atoms with Crippen molar-refractivity contribution in [1.82, 2.24) is 0 Å². The van der Waals surface area contributed by atoms with Crippen LogP contribution in [0.25, 0.3) is 0 Å². The van der Waals surface area contributed by atoms with Crippen molar-refractivity contribution in [2.24, 2.45) is 0 Å². The summed E-state index contributed by atoms with van der Waals surface area (Å²) in [4.78, 5) is 19.5. The highest BCUT2D eigenvalue weighted by atomic mass is 16.4. The van der Waals surface area contributed by atoms with Crippen molar-refractivity contribution in [2.45, 2.75) is 19.3 Å². The van der Waals surface area contributed by atoms with E-state index in [9.17, 15) is 9.59 Å². The molecule has 0 bridgehead atoms. The van der Waals surface area contributed by atoms with Crippen LogP contribution in [0.5, 0.6) is 0 Å². The van der Waals surface area contributed by atoms with Gasteiger partial charge in [0.25, 0.3) is 0 Å². The van der Waals surface area contributed by atoms with E-state index in [1.807, 2.05) is 0 Å². The maximum Gasteiger partial charge on any atom is 0.307 e. The number of rotatable bonds is 5. The molecular formula is C6H9O3. The van der Waals surface area contributed by atoms with Crippen molar-refractivity contribution in [2.75, 3.05) is 0 Å². The van der Waals surface area contributed by atoms with Crippen molar-refractivity contribution in [3.8, 4) is 0 Å². The Morgan fingerprint density at radius 2 is 2.11 bits per heavy atom. The number of aldehydes is 1. The molecule has 0 atom stereocenters. The molecule has 51 valence electrons. The first-order chi connectivity index (χ1) is 4.27. The molecule has 0 aliphatic heterocycles. The topological polar surface area (TPSA) is 54.4 Å². The van der Waals surface area contributed by atoms with E-state index in [2.05, 4.69) is 0 Å². The minimum absolute atomic E-state index is 0.448. The maximum atomic E-state index is 9.82. The van der Waals surface area contributed by atoms with Gasteiger partial charge in [0.2, 0.25) is 0 Å². The van der Waals surface area contributed by atoms with E-state index in [1.54, 1.807) is 0 Å². The largest absolute Gasteiger partial charge is 0.481 e. The third kappa shape index (κ3) is 7.14. The average Bonchev–Trinajstić information content (AvgIpc) is 1.80. The second kappa shape index (κ2) is 5.28. The van der Waals surface area contributed by atoms with E-state index in [0.29, 0.717) is 19.3 Å². The number of carboxylic acids is 1. The van der Waals surface area contributed by atoms with Gasteiger partial charge in [-0.3, -0.25) is 4.79 Å². The van der Waals surface area contributed by atoms with Crippen molar-refractivity contribution in [3.63, 3.8) is 0 Å². The standard InChI is InChI=1S/C6H9O3/c7-5-3-1-2-4-6(8)9/h4-5H,1-3H2,(H,8,9). The summed E-state index contributed by atoms with van der Waals surface area (Å²) in [5.74, 6) is -0.916. The number of carboxylic acid groups (broad SMARTS) is 1. The molecule has 0 rings (SSSR count). The Morgan fingerprint density at radius 1 is 1.44 bits per heavy atom. The zero-order valence-corrected chi connectivity index (χ0v) is 5.04. The van der Waals surface area contributed by atoms with Gasteiger partial charge >= 0.3 is 5.97 Å². The third-order valence-electron chi connectivity index (χ3n) is 0.845. The monoisotopic (exact) mass is 129 g/mol. The molecule has 3 heteroatoms. The van der Waals surface area contributed by atoms with Gasteiger partial charge in [-0.05, 0) is 12.8 Å². The van der Waals surface area contributed by atoms with Crippen molar-refractivity contribution in [1.29, 1.82) is 0 Å². The number of aliphatic carboxylic acids is 1. The van der Waals surface area contributed by atoms with Crippen LogP contribution in [0.4, 0.5) is 0 Å². The molecule has 0 heterocycles. The third-order valence-corrected chi connectivity index (χ3v) is 0.845. The first-order valence-corrected chi connectivity index (χ1v) is 2.77. The normalized spacial score (nSPS) is 8.89. The minimum Gasteiger partial charge on any atom is -0.481 e. The van der Waals surface area contributed by atoms with Crippen molar-refractivity contribution >= 4 is 12.3 Å². The molecule has 0 spiro atoms. The molecule has 9 heavy (non-hydrogen) atoms. The zero-order valence-electron chi connectivity index (χ0n) is 5.04. The first kappa shape index (κ1) is 8.14. The van der Waals surface area contributed by atoms with E-state index < -0.39 is 5.97 Å². The van der Waals surface area contributed by atoms with E-state index in [-0.39, 0.29) is 0 Å². The van der Waals surface area contributed by atoms with Crippen LogP contribution in [-0.4, -0.2) is 17.4 Å². The second-order valence-corrected chi connectivity index (χ2v) is 1.64. The van der Waals surface area contributed by atoms with Crippen LogP contribution in [0.2, 0.25) is 0 Å². The smallest absolute Gasteiger partial charge is 0.307 e. The molecule has 0 fully saturated rings. The molecule has 0 aliphatic carbocycles. The van der Waals surface area contributed by atoms with Gasteiger partial charge in [0.1, 0.15) is 6.29 Å². The predicted molar refractivity (Wildman–Crippen MR) is 31.9 cm³/mol. The molecule has 0 aromatic heterocycles. The Kier molecular flexibility index (Phi) is 4.78. The lowest BCUT2D eigenvalue weighted by Crippen LogP contribution is -1.94. The van der Waals surface area contributed by atoms with Gasteiger partial charge in [0.15, 0.2) is 0 Å². The summed E-state index contributed by atoms with van der Waals surface area (Å²) in [5, 5.41) is 8.07. The van der Waals surface area contributed by atoms with E-state index in [1.165, 1.54) is 0 Å². The predicted octanol–water partition coefficient (Wildman–Crippen LogP) is 0.644. The molecule has 0 amide bonds. The Labute approximate surface area is 53.7 Å². The summed E-state index contributed by atoms with van der Waals surface area (Å²) in [6.07, 6.45) is 3.51. The van der Waals surface area contributed by atoms with Gasteiger partial charge in [-0.2, -0.15) is 0 Å². The lowest BCUT2D eigenvalue weighted by Gasteiger charge is -1.88. The number of unbranched alkanes of at least 4 members (excludes halogenated alkanes) is 2. The number of hydrogen-bond donors (Lipinski definition) is 1. The van der Waals surface area contributed by atoms with Crippen LogP contribution in [0.15, 0.2) is 0 Å². The van der Waals surface area contributed by atoms with Crippen LogP contribution >= 0.6 is 0 Å². The number of carbonyl (C=O) groups is 2. The summed E-state index contributed by atoms with van der Waals surface area (Å²) < 4.78 is 0. The van der Waals surface area contributed by atoms with Gasteiger partial charge in [0.05, 0.1) is 6.42 Å². The maximum absolute atomic E-state index is 9.82. The summed E-state index contributed by atoms with van der Waals surface area (Å²) in [7, 11) is 0. The van der Waals surface area contributed by atoms with Gasteiger partial charge in [-0.25, -0.2) is 0 Å². The lowest BCUT2D eigenvalue weighted by atomic mass is 10.2. The highest BCUT2D eigenvalue weighted by molar-refractivity contribution is 5.76. The summed E-state index contributed by atoms with van der Waals surface area (Å²) in [6.45, 7) is 0. The fourth-order valence-corrected chi connectivity index (χ4v) is 0.427. The highest BCUT2D eigenvalue weighted by Crippen LogP contribution is 1.95. The average molecular weight is 129 g/mol. The summed E-state index contributed by atoms with van der Waals surface area (Å²) in [5.41, 5.74) is 0. The van der Waals surface area contributed by atoms with E-state index in [0.717, 1.165) is 12.7 Å². The quantitative estimate of drug-likeness (QED) is 0.438.